The average Bonchev–Trinajstić information content (AvgIpc) is 2.05. The Labute approximate surface area is 80.1 Å². The summed E-state index contributed by atoms with van der Waals surface area (Å²) in [6.07, 6.45) is 0. The molecule has 1 aromatic rings. The predicted octanol–water partition coefficient (Wildman–Crippen LogP) is 1.62. The topological polar surface area (TPSA) is 48.1 Å². The van der Waals surface area contributed by atoms with Gasteiger partial charge >= 0.3 is 0 Å². The molecule has 0 aliphatic carbocycles. The lowest BCUT2D eigenvalue weighted by Gasteiger charge is -2.06. The highest BCUT2D eigenvalue weighted by Gasteiger charge is 2.05. The molecule has 0 saturated carbocycles. The third-order valence-corrected chi connectivity index (χ3v) is 2.19. The molecular formula is C8H11BrN2O. The fraction of sp³-hybridized carbons (Fsp3) is 0.375. The van der Waals surface area contributed by atoms with E-state index in [1.165, 1.54) is 0 Å². The van der Waals surface area contributed by atoms with E-state index < -0.39 is 0 Å². The summed E-state index contributed by atoms with van der Waals surface area (Å²) >= 11 is 3.34. The van der Waals surface area contributed by atoms with Crippen LogP contribution in [0.2, 0.25) is 0 Å². The van der Waals surface area contributed by atoms with Gasteiger partial charge in [-0.25, -0.2) is 4.98 Å². The molecule has 1 aromatic heterocycles. The molecule has 0 unspecified atom stereocenters. The minimum absolute atomic E-state index is 0.440. The fourth-order valence-corrected chi connectivity index (χ4v) is 1.54. The van der Waals surface area contributed by atoms with E-state index >= 15 is 0 Å². The summed E-state index contributed by atoms with van der Waals surface area (Å²) in [4.78, 5) is 4.21. The van der Waals surface area contributed by atoms with Crippen molar-refractivity contribution in [3.05, 3.63) is 21.8 Å². The first-order valence-electron chi connectivity index (χ1n) is 3.59. The van der Waals surface area contributed by atoms with Crippen LogP contribution in [-0.2, 0) is 6.54 Å². The zero-order chi connectivity index (χ0) is 9.14. The van der Waals surface area contributed by atoms with Crippen LogP contribution in [0.4, 0.5) is 0 Å². The van der Waals surface area contributed by atoms with Crippen LogP contribution in [-0.4, -0.2) is 12.1 Å². The first-order valence-corrected chi connectivity index (χ1v) is 4.38. The van der Waals surface area contributed by atoms with Crippen LogP contribution >= 0.6 is 15.9 Å². The maximum atomic E-state index is 5.49. The highest BCUT2D eigenvalue weighted by Crippen LogP contribution is 2.24. The van der Waals surface area contributed by atoms with E-state index in [0.29, 0.717) is 12.4 Å². The highest BCUT2D eigenvalue weighted by atomic mass is 79.9. The summed E-state index contributed by atoms with van der Waals surface area (Å²) in [6.45, 7) is 2.41. The molecule has 0 aliphatic rings. The lowest BCUT2D eigenvalue weighted by Crippen LogP contribution is -2.04. The van der Waals surface area contributed by atoms with E-state index in [4.69, 9.17) is 10.5 Å². The van der Waals surface area contributed by atoms with E-state index in [1.807, 2.05) is 13.0 Å². The number of nitrogens with two attached hydrogens (primary N) is 1. The molecule has 0 aliphatic heterocycles. The van der Waals surface area contributed by atoms with E-state index in [9.17, 15) is 0 Å². The minimum atomic E-state index is 0.440. The molecule has 0 saturated heterocycles. The number of methoxy groups -OCH3 is 1. The molecule has 0 radical (unpaired) electrons. The van der Waals surface area contributed by atoms with Crippen LogP contribution in [0.25, 0.3) is 0 Å². The van der Waals surface area contributed by atoms with Crippen molar-refractivity contribution in [2.45, 2.75) is 13.5 Å². The van der Waals surface area contributed by atoms with Gasteiger partial charge in [0.25, 0.3) is 0 Å². The summed E-state index contributed by atoms with van der Waals surface area (Å²) in [5.74, 6) is 0.584. The van der Waals surface area contributed by atoms with E-state index in [-0.39, 0.29) is 0 Å². The maximum absolute atomic E-state index is 5.49. The number of ether oxygens (including phenoxy) is 1. The smallest absolute Gasteiger partial charge is 0.227 e. The summed E-state index contributed by atoms with van der Waals surface area (Å²) in [5.41, 5.74) is 7.44. The second-order valence-corrected chi connectivity index (χ2v) is 3.30. The van der Waals surface area contributed by atoms with Gasteiger partial charge in [0.05, 0.1) is 17.3 Å². The summed E-state index contributed by atoms with van der Waals surface area (Å²) in [7, 11) is 1.59. The molecule has 0 spiro atoms. The van der Waals surface area contributed by atoms with Gasteiger partial charge < -0.3 is 10.5 Å². The Hall–Kier alpha value is -0.610. The van der Waals surface area contributed by atoms with Crippen LogP contribution in [0.15, 0.2) is 10.5 Å². The zero-order valence-corrected chi connectivity index (χ0v) is 8.68. The van der Waals surface area contributed by atoms with Gasteiger partial charge in [-0.1, -0.05) is 0 Å². The molecule has 3 nitrogen and oxygen atoms in total. The van der Waals surface area contributed by atoms with Crippen molar-refractivity contribution in [3.63, 3.8) is 0 Å². The molecule has 12 heavy (non-hydrogen) atoms. The second-order valence-electron chi connectivity index (χ2n) is 2.45. The number of nitrogens with zero attached hydrogens (tertiary/aromatic N) is 1. The van der Waals surface area contributed by atoms with Crippen molar-refractivity contribution >= 4 is 15.9 Å². The van der Waals surface area contributed by atoms with Crippen molar-refractivity contribution in [1.29, 1.82) is 0 Å². The molecule has 1 heterocycles. The minimum Gasteiger partial charge on any atom is -0.480 e. The Morgan fingerprint density at radius 2 is 2.33 bits per heavy atom. The normalized spacial score (nSPS) is 10.0. The number of rotatable bonds is 2. The first kappa shape index (κ1) is 9.48. The van der Waals surface area contributed by atoms with Crippen molar-refractivity contribution in [2.75, 3.05) is 7.11 Å². The van der Waals surface area contributed by atoms with Gasteiger partial charge in [0.1, 0.15) is 0 Å². The Morgan fingerprint density at radius 3 is 2.83 bits per heavy atom. The number of aromatic nitrogens is 1. The van der Waals surface area contributed by atoms with Crippen LogP contribution < -0.4 is 10.5 Å². The second kappa shape index (κ2) is 3.87. The van der Waals surface area contributed by atoms with Crippen LogP contribution in [0, 0.1) is 6.92 Å². The molecule has 0 bridgehead atoms. The predicted molar refractivity (Wildman–Crippen MR) is 51.1 cm³/mol. The Bertz CT molecular complexity index is 263. The maximum Gasteiger partial charge on any atom is 0.227 e. The van der Waals surface area contributed by atoms with Crippen LogP contribution in [0.3, 0.4) is 0 Å². The van der Waals surface area contributed by atoms with Crippen molar-refractivity contribution in [1.82, 2.24) is 4.98 Å². The van der Waals surface area contributed by atoms with Crippen molar-refractivity contribution in [3.8, 4) is 5.88 Å². The quantitative estimate of drug-likeness (QED) is 0.841. The van der Waals surface area contributed by atoms with E-state index in [0.717, 1.165) is 15.7 Å². The molecule has 0 fully saturated rings. The van der Waals surface area contributed by atoms with Gasteiger partial charge in [0.2, 0.25) is 5.88 Å². The van der Waals surface area contributed by atoms with Crippen molar-refractivity contribution in [2.24, 2.45) is 5.73 Å². The third-order valence-electron chi connectivity index (χ3n) is 1.63. The lowest BCUT2D eigenvalue weighted by molar-refractivity contribution is 0.393. The molecule has 0 atom stereocenters. The van der Waals surface area contributed by atoms with Gasteiger partial charge in [-0.15, -0.1) is 0 Å². The standard InChI is InChI=1S/C8H11BrN2O/c1-5-3-6(9)8(12-2)11-7(5)4-10/h3H,4,10H2,1-2H3. The Balaban J connectivity index is 3.18. The first-order chi connectivity index (χ1) is 5.69. The summed E-state index contributed by atoms with van der Waals surface area (Å²) in [5, 5.41) is 0. The van der Waals surface area contributed by atoms with E-state index in [2.05, 4.69) is 20.9 Å². The largest absolute Gasteiger partial charge is 0.480 e. The zero-order valence-electron chi connectivity index (χ0n) is 7.10. The summed E-state index contributed by atoms with van der Waals surface area (Å²) < 4.78 is 5.89. The molecule has 66 valence electrons. The average molecular weight is 231 g/mol. The molecule has 2 N–H and O–H groups in total. The number of pyridine rings is 1. The van der Waals surface area contributed by atoms with Gasteiger partial charge in [0.15, 0.2) is 0 Å². The number of halogens is 1. The summed E-state index contributed by atoms with van der Waals surface area (Å²) in [6, 6.07) is 1.95. The van der Waals surface area contributed by atoms with Gasteiger partial charge in [-0.3, -0.25) is 0 Å². The van der Waals surface area contributed by atoms with Crippen LogP contribution in [0.1, 0.15) is 11.3 Å². The van der Waals surface area contributed by atoms with Crippen molar-refractivity contribution < 1.29 is 4.74 Å². The third kappa shape index (κ3) is 1.76. The van der Waals surface area contributed by atoms with Gasteiger partial charge in [-0.2, -0.15) is 0 Å². The SMILES string of the molecule is COc1nc(CN)c(C)cc1Br. The number of aryl methyl sites for hydroxylation is 1. The Kier molecular flexibility index (Phi) is 3.05. The molecule has 4 heteroatoms. The van der Waals surface area contributed by atoms with Gasteiger partial charge in [-0.05, 0) is 34.5 Å². The van der Waals surface area contributed by atoms with E-state index in [1.54, 1.807) is 7.11 Å². The fourth-order valence-electron chi connectivity index (χ4n) is 0.949. The Morgan fingerprint density at radius 1 is 1.67 bits per heavy atom. The van der Waals surface area contributed by atoms with Crippen LogP contribution in [0.5, 0.6) is 5.88 Å². The number of hydrogen-bond donors (Lipinski definition) is 1. The molecule has 0 amide bonds. The lowest BCUT2D eigenvalue weighted by atomic mass is 10.2. The van der Waals surface area contributed by atoms with Gasteiger partial charge in [0, 0.05) is 6.54 Å². The highest BCUT2D eigenvalue weighted by molar-refractivity contribution is 9.10. The molecule has 1 rings (SSSR count). The number of hydrogen-bond acceptors (Lipinski definition) is 3. The monoisotopic (exact) mass is 230 g/mol. The molecule has 0 aromatic carbocycles. The molecular weight excluding hydrogens is 220 g/mol.